The van der Waals surface area contributed by atoms with Crippen LogP contribution in [0, 0.1) is 0 Å². The fourth-order valence-electron chi connectivity index (χ4n) is 7.61. The molecule has 0 fully saturated rings. The van der Waals surface area contributed by atoms with Gasteiger partial charge in [0.2, 0.25) is 0 Å². The van der Waals surface area contributed by atoms with Crippen LogP contribution in [-0.4, -0.2) is 13.7 Å². The summed E-state index contributed by atoms with van der Waals surface area (Å²) in [4.78, 5) is 5.06. The van der Waals surface area contributed by atoms with Crippen LogP contribution in [0.25, 0.3) is 22.3 Å². The Hall–Kier alpha value is -5.73. The molecule has 2 aliphatic heterocycles. The van der Waals surface area contributed by atoms with Gasteiger partial charge in [-0.1, -0.05) is 150 Å². The van der Waals surface area contributed by atoms with Gasteiger partial charge in [0.1, 0.15) is 0 Å². The summed E-state index contributed by atoms with van der Waals surface area (Å²) in [6.07, 6.45) is 0. The predicted octanol–water partition coefficient (Wildman–Crippen LogP) is 7.54. The lowest BCUT2D eigenvalue weighted by Crippen LogP contribution is -2.61. The van der Waals surface area contributed by atoms with Crippen LogP contribution in [0.3, 0.4) is 0 Å². The highest BCUT2D eigenvalue weighted by atomic mass is 15.1. The maximum Gasteiger partial charge on any atom is 0.328 e. The van der Waals surface area contributed by atoms with Gasteiger partial charge in [-0.2, -0.15) is 0 Å². The van der Waals surface area contributed by atoms with Crippen molar-refractivity contribution in [2.75, 3.05) is 9.62 Å². The summed E-state index contributed by atoms with van der Waals surface area (Å²) in [5.41, 5.74) is 15.1. The third-order valence-corrected chi connectivity index (χ3v) is 9.53. The standard InChI is InChI=1S/C42H30B2N2/c1-5-17-31(18-6-1)43-39-30-40-38(29-37(39)35-25-13-15-27-41(35)45(43)33-21-9-3-10-22-33)36-26-14-16-28-42(36)46(34-23-11-4-12-24-34)44(40)32-19-7-2-8-20-32/h1-30H. The molecule has 0 spiro atoms. The first-order chi connectivity index (χ1) is 22.9. The molecule has 9 rings (SSSR count). The second kappa shape index (κ2) is 11.0. The third-order valence-electron chi connectivity index (χ3n) is 9.53. The van der Waals surface area contributed by atoms with E-state index in [-0.39, 0.29) is 13.7 Å². The van der Waals surface area contributed by atoms with Gasteiger partial charge in [0.15, 0.2) is 0 Å². The van der Waals surface area contributed by atoms with Crippen molar-refractivity contribution in [2.24, 2.45) is 0 Å². The van der Waals surface area contributed by atoms with E-state index < -0.39 is 0 Å². The highest BCUT2D eigenvalue weighted by Crippen LogP contribution is 2.44. The number of para-hydroxylation sites is 4. The fourth-order valence-corrected chi connectivity index (χ4v) is 7.61. The monoisotopic (exact) mass is 584 g/mol. The van der Waals surface area contributed by atoms with Crippen molar-refractivity contribution in [3.8, 4) is 22.3 Å². The lowest BCUT2D eigenvalue weighted by atomic mass is 9.41. The number of hydrogen-bond acceptors (Lipinski definition) is 2. The van der Waals surface area contributed by atoms with Crippen LogP contribution >= 0.6 is 0 Å². The van der Waals surface area contributed by atoms with Crippen molar-refractivity contribution in [3.05, 3.63) is 182 Å². The number of rotatable bonds is 4. The van der Waals surface area contributed by atoms with E-state index in [2.05, 4.69) is 192 Å². The maximum absolute atomic E-state index is 2.53. The van der Waals surface area contributed by atoms with Crippen molar-refractivity contribution >= 4 is 58.3 Å². The summed E-state index contributed by atoms with van der Waals surface area (Å²) >= 11 is 0. The van der Waals surface area contributed by atoms with Gasteiger partial charge in [-0.3, -0.25) is 0 Å². The van der Waals surface area contributed by atoms with Crippen LogP contribution in [0.5, 0.6) is 0 Å². The third kappa shape index (κ3) is 4.22. The summed E-state index contributed by atoms with van der Waals surface area (Å²) < 4.78 is 0. The first-order valence-electron chi connectivity index (χ1n) is 16.0. The van der Waals surface area contributed by atoms with Gasteiger partial charge in [-0.15, -0.1) is 0 Å². The topological polar surface area (TPSA) is 6.48 Å². The molecule has 0 saturated carbocycles. The summed E-state index contributed by atoms with van der Waals surface area (Å²) in [6.45, 7) is -0.00450. The van der Waals surface area contributed by atoms with E-state index in [1.807, 2.05) is 0 Å². The molecule has 0 bridgehead atoms. The maximum atomic E-state index is 2.53. The molecule has 7 aromatic rings. The molecule has 46 heavy (non-hydrogen) atoms. The molecule has 214 valence electrons. The van der Waals surface area contributed by atoms with Crippen molar-refractivity contribution < 1.29 is 0 Å². The highest BCUT2D eigenvalue weighted by molar-refractivity contribution is 6.94. The quantitative estimate of drug-likeness (QED) is 0.198. The Morgan fingerprint density at radius 2 is 0.652 bits per heavy atom. The molecule has 4 heteroatoms. The summed E-state index contributed by atoms with van der Waals surface area (Å²) in [7, 11) is 0. The molecular weight excluding hydrogens is 554 g/mol. The van der Waals surface area contributed by atoms with Crippen LogP contribution in [0.4, 0.5) is 22.7 Å². The zero-order chi connectivity index (χ0) is 30.5. The highest BCUT2D eigenvalue weighted by Gasteiger charge is 2.42. The largest absolute Gasteiger partial charge is 0.376 e. The van der Waals surface area contributed by atoms with Gasteiger partial charge in [0, 0.05) is 33.9 Å². The molecule has 0 amide bonds. The second-order valence-corrected chi connectivity index (χ2v) is 12.1. The molecule has 2 nitrogen and oxygen atoms in total. The van der Waals surface area contributed by atoms with Crippen LogP contribution in [-0.2, 0) is 0 Å². The molecule has 0 unspecified atom stereocenters. The van der Waals surface area contributed by atoms with E-state index >= 15 is 0 Å². The molecule has 0 saturated heterocycles. The van der Waals surface area contributed by atoms with Gasteiger partial charge >= 0.3 is 13.7 Å². The lowest BCUT2D eigenvalue weighted by molar-refractivity contribution is 1.35. The van der Waals surface area contributed by atoms with E-state index in [4.69, 9.17) is 0 Å². The van der Waals surface area contributed by atoms with Crippen LogP contribution in [0.1, 0.15) is 0 Å². The lowest BCUT2D eigenvalue weighted by Gasteiger charge is -2.42. The van der Waals surface area contributed by atoms with E-state index in [0.29, 0.717) is 0 Å². The number of anilines is 4. The molecule has 7 aromatic carbocycles. The zero-order valence-electron chi connectivity index (χ0n) is 25.4. The number of fused-ring (bicyclic) bond motifs is 6. The summed E-state index contributed by atoms with van der Waals surface area (Å²) in [5, 5.41) is 0. The number of nitrogens with zero attached hydrogens (tertiary/aromatic N) is 2. The Morgan fingerprint density at radius 3 is 1.07 bits per heavy atom. The SMILES string of the molecule is c1ccc(B2c3cc4c(cc3-c3ccccc3N2c2ccccc2)-c2ccccc2N(c2ccccc2)B4c2ccccc2)cc1. The molecule has 2 aliphatic rings. The van der Waals surface area contributed by atoms with Crippen molar-refractivity contribution in [2.45, 2.75) is 0 Å². The predicted molar refractivity (Wildman–Crippen MR) is 197 cm³/mol. The minimum absolute atomic E-state index is 0.00225. The second-order valence-electron chi connectivity index (χ2n) is 12.1. The minimum atomic E-state index is -0.00225. The Kier molecular flexibility index (Phi) is 6.38. The van der Waals surface area contributed by atoms with Crippen LogP contribution in [0.15, 0.2) is 182 Å². The van der Waals surface area contributed by atoms with Crippen LogP contribution < -0.4 is 31.5 Å². The fraction of sp³-hybridized carbons (Fsp3) is 0. The van der Waals surface area contributed by atoms with E-state index in [1.165, 1.54) is 66.9 Å². The summed E-state index contributed by atoms with van der Waals surface area (Å²) in [5.74, 6) is 0. The van der Waals surface area contributed by atoms with E-state index in [1.54, 1.807) is 0 Å². The molecule has 0 aliphatic carbocycles. The Balaban J connectivity index is 1.38. The Bertz CT molecular complexity index is 2020. The van der Waals surface area contributed by atoms with Gasteiger partial charge in [0.05, 0.1) is 0 Å². The van der Waals surface area contributed by atoms with Gasteiger partial charge in [-0.05, 0) is 64.5 Å². The average molecular weight is 584 g/mol. The van der Waals surface area contributed by atoms with Gasteiger partial charge < -0.3 is 9.62 Å². The molecule has 0 N–H and O–H groups in total. The Labute approximate surface area is 271 Å². The zero-order valence-corrected chi connectivity index (χ0v) is 25.4. The van der Waals surface area contributed by atoms with Gasteiger partial charge in [-0.25, -0.2) is 0 Å². The first kappa shape index (κ1) is 26.7. The van der Waals surface area contributed by atoms with E-state index in [9.17, 15) is 0 Å². The summed E-state index contributed by atoms with van der Waals surface area (Å²) in [6, 6.07) is 66.5. The molecular formula is C42H30B2N2. The first-order valence-corrected chi connectivity index (χ1v) is 16.0. The molecule has 0 aromatic heterocycles. The van der Waals surface area contributed by atoms with Crippen molar-refractivity contribution in [1.29, 1.82) is 0 Å². The normalized spacial score (nSPS) is 13.0. The van der Waals surface area contributed by atoms with Crippen molar-refractivity contribution in [1.82, 2.24) is 0 Å². The smallest absolute Gasteiger partial charge is 0.328 e. The van der Waals surface area contributed by atoms with Crippen LogP contribution in [0.2, 0.25) is 0 Å². The molecule has 0 radical (unpaired) electrons. The molecule has 0 atom stereocenters. The van der Waals surface area contributed by atoms with Crippen molar-refractivity contribution in [3.63, 3.8) is 0 Å². The molecule has 2 heterocycles. The average Bonchev–Trinajstić information content (AvgIpc) is 3.14. The number of hydrogen-bond donors (Lipinski definition) is 0. The Morgan fingerprint density at radius 1 is 0.304 bits per heavy atom. The van der Waals surface area contributed by atoms with Gasteiger partial charge in [0.25, 0.3) is 0 Å². The number of benzene rings is 7. The minimum Gasteiger partial charge on any atom is -0.376 e. The van der Waals surface area contributed by atoms with E-state index in [0.717, 1.165) is 0 Å².